The molecule has 88 valence electrons. The predicted molar refractivity (Wildman–Crippen MR) is 69.3 cm³/mol. The van der Waals surface area contributed by atoms with Crippen LogP contribution in [0.1, 0.15) is 24.0 Å². The summed E-state index contributed by atoms with van der Waals surface area (Å²) < 4.78 is 0.631. The summed E-state index contributed by atoms with van der Waals surface area (Å²) in [5.41, 5.74) is 2.92. The number of nitrogens with zero attached hydrogens (tertiary/aromatic N) is 3. The van der Waals surface area contributed by atoms with Crippen LogP contribution in [-0.2, 0) is 6.42 Å². The monoisotopic (exact) mass is 246 g/mol. The second-order valence-corrected chi connectivity index (χ2v) is 4.22. The summed E-state index contributed by atoms with van der Waals surface area (Å²) in [6, 6.07) is 1.83. The highest BCUT2D eigenvalue weighted by Gasteiger charge is 2.06. The fourth-order valence-corrected chi connectivity index (χ4v) is 1.86. The van der Waals surface area contributed by atoms with Gasteiger partial charge in [-0.2, -0.15) is 0 Å². The summed E-state index contributed by atoms with van der Waals surface area (Å²) in [6.45, 7) is 5.93. The lowest BCUT2D eigenvalue weighted by Crippen LogP contribution is -2.01. The SMILES string of the molecule is CCc1[nH]c(-c2ccnc(C)n2)nc(=S)c1C. The van der Waals surface area contributed by atoms with Gasteiger partial charge in [0.15, 0.2) is 5.82 Å². The third-order valence-corrected chi connectivity index (χ3v) is 3.03. The average Bonchev–Trinajstić information content (AvgIpc) is 2.32. The Bertz CT molecular complexity index is 604. The Kier molecular flexibility index (Phi) is 3.28. The molecule has 0 aliphatic rings. The largest absolute Gasteiger partial charge is 0.342 e. The van der Waals surface area contributed by atoms with Crippen molar-refractivity contribution in [3.63, 3.8) is 0 Å². The molecule has 5 heteroatoms. The molecule has 0 unspecified atom stereocenters. The molecule has 0 saturated carbocycles. The highest BCUT2D eigenvalue weighted by molar-refractivity contribution is 7.71. The average molecular weight is 246 g/mol. The Morgan fingerprint density at radius 2 is 2.06 bits per heavy atom. The molecule has 0 aliphatic heterocycles. The van der Waals surface area contributed by atoms with E-state index in [1.165, 1.54) is 0 Å². The summed E-state index contributed by atoms with van der Waals surface area (Å²) in [6.07, 6.45) is 2.62. The highest BCUT2D eigenvalue weighted by Crippen LogP contribution is 2.15. The van der Waals surface area contributed by atoms with E-state index < -0.39 is 0 Å². The Hall–Kier alpha value is -1.62. The van der Waals surface area contributed by atoms with Crippen molar-refractivity contribution in [2.75, 3.05) is 0 Å². The predicted octanol–water partition coefficient (Wildman–Crippen LogP) is 2.78. The number of hydrogen-bond acceptors (Lipinski definition) is 4. The van der Waals surface area contributed by atoms with E-state index in [4.69, 9.17) is 12.2 Å². The first kappa shape index (κ1) is 11.9. The van der Waals surface area contributed by atoms with Crippen molar-refractivity contribution in [3.05, 3.63) is 34.0 Å². The van der Waals surface area contributed by atoms with Crippen molar-refractivity contribution in [1.82, 2.24) is 19.9 Å². The van der Waals surface area contributed by atoms with E-state index >= 15 is 0 Å². The van der Waals surface area contributed by atoms with Gasteiger partial charge in [-0.15, -0.1) is 0 Å². The van der Waals surface area contributed by atoms with Gasteiger partial charge in [0.25, 0.3) is 0 Å². The third kappa shape index (κ3) is 2.39. The molecular formula is C12H14N4S. The molecule has 4 nitrogen and oxygen atoms in total. The lowest BCUT2D eigenvalue weighted by Gasteiger charge is -2.07. The molecule has 2 heterocycles. The molecule has 0 fully saturated rings. The van der Waals surface area contributed by atoms with Crippen LogP contribution >= 0.6 is 12.2 Å². The minimum Gasteiger partial charge on any atom is -0.342 e. The number of nitrogens with one attached hydrogen (secondary N) is 1. The maximum atomic E-state index is 5.25. The zero-order valence-electron chi connectivity index (χ0n) is 10.1. The summed E-state index contributed by atoms with van der Waals surface area (Å²) in [5, 5.41) is 0. The zero-order chi connectivity index (χ0) is 12.4. The van der Waals surface area contributed by atoms with Crippen molar-refractivity contribution in [2.24, 2.45) is 0 Å². The van der Waals surface area contributed by atoms with Crippen LogP contribution < -0.4 is 0 Å². The molecule has 0 spiro atoms. The molecule has 0 radical (unpaired) electrons. The van der Waals surface area contributed by atoms with Crippen molar-refractivity contribution in [2.45, 2.75) is 27.2 Å². The Balaban J connectivity index is 2.61. The molecule has 2 aromatic heterocycles. The smallest absolute Gasteiger partial charge is 0.157 e. The molecule has 2 aromatic rings. The molecule has 0 atom stereocenters. The van der Waals surface area contributed by atoms with Crippen LogP contribution in [0.3, 0.4) is 0 Å². The van der Waals surface area contributed by atoms with Gasteiger partial charge in [-0.3, -0.25) is 0 Å². The van der Waals surface area contributed by atoms with Crippen molar-refractivity contribution < 1.29 is 0 Å². The van der Waals surface area contributed by atoms with Crippen molar-refractivity contribution in [3.8, 4) is 11.5 Å². The number of aromatic amines is 1. The molecule has 0 saturated heterocycles. The molecule has 0 aromatic carbocycles. The van der Waals surface area contributed by atoms with Crippen LogP contribution in [0.4, 0.5) is 0 Å². The first-order valence-corrected chi connectivity index (χ1v) is 5.92. The van der Waals surface area contributed by atoms with Gasteiger partial charge in [-0.05, 0) is 26.3 Å². The van der Waals surface area contributed by atoms with E-state index in [9.17, 15) is 0 Å². The van der Waals surface area contributed by atoms with Gasteiger partial charge in [0, 0.05) is 17.5 Å². The van der Waals surface area contributed by atoms with E-state index in [1.54, 1.807) is 6.20 Å². The van der Waals surface area contributed by atoms with Gasteiger partial charge < -0.3 is 4.98 Å². The minimum atomic E-state index is 0.631. The third-order valence-electron chi connectivity index (χ3n) is 2.63. The lowest BCUT2D eigenvalue weighted by molar-refractivity contribution is 0.953. The summed E-state index contributed by atoms with van der Waals surface area (Å²) in [5.74, 6) is 1.44. The summed E-state index contributed by atoms with van der Waals surface area (Å²) >= 11 is 5.25. The molecule has 2 rings (SSSR count). The number of H-pyrrole nitrogens is 1. The van der Waals surface area contributed by atoms with E-state index in [0.29, 0.717) is 10.5 Å². The Labute approximate surface area is 105 Å². The number of hydrogen-bond donors (Lipinski definition) is 1. The van der Waals surface area contributed by atoms with Crippen LogP contribution in [0.2, 0.25) is 0 Å². The number of rotatable bonds is 2. The Morgan fingerprint density at radius 3 is 2.71 bits per heavy atom. The van der Waals surface area contributed by atoms with Gasteiger partial charge in [0.05, 0.1) is 0 Å². The molecule has 0 aliphatic carbocycles. The molecule has 17 heavy (non-hydrogen) atoms. The van der Waals surface area contributed by atoms with Gasteiger partial charge in [0.2, 0.25) is 0 Å². The molecule has 0 bridgehead atoms. The summed E-state index contributed by atoms with van der Waals surface area (Å²) in [4.78, 5) is 16.0. The van der Waals surface area contributed by atoms with Crippen LogP contribution in [0.25, 0.3) is 11.5 Å². The second-order valence-electron chi connectivity index (χ2n) is 3.84. The number of aromatic nitrogens is 4. The molecule has 1 N–H and O–H groups in total. The van der Waals surface area contributed by atoms with Gasteiger partial charge in [-0.25, -0.2) is 15.0 Å². The van der Waals surface area contributed by atoms with Gasteiger partial charge in [-0.1, -0.05) is 19.1 Å². The van der Waals surface area contributed by atoms with E-state index in [0.717, 1.165) is 29.2 Å². The maximum Gasteiger partial charge on any atom is 0.157 e. The van der Waals surface area contributed by atoms with E-state index in [-0.39, 0.29) is 0 Å². The van der Waals surface area contributed by atoms with Crippen LogP contribution in [0.5, 0.6) is 0 Å². The van der Waals surface area contributed by atoms with Gasteiger partial charge in [0.1, 0.15) is 16.2 Å². The first-order valence-electron chi connectivity index (χ1n) is 5.51. The van der Waals surface area contributed by atoms with Crippen molar-refractivity contribution >= 4 is 12.2 Å². The highest BCUT2D eigenvalue weighted by atomic mass is 32.1. The van der Waals surface area contributed by atoms with Crippen molar-refractivity contribution in [1.29, 1.82) is 0 Å². The maximum absolute atomic E-state index is 5.25. The molecule has 0 amide bonds. The summed E-state index contributed by atoms with van der Waals surface area (Å²) in [7, 11) is 0. The normalized spacial score (nSPS) is 10.5. The standard InChI is InChI=1S/C12H14N4S/c1-4-9-7(2)12(17)16-11(15-9)10-5-6-13-8(3)14-10/h5-6H,4H2,1-3H3,(H,15,16,17). The minimum absolute atomic E-state index is 0.631. The fraction of sp³-hybridized carbons (Fsp3) is 0.333. The molecular weight excluding hydrogens is 232 g/mol. The first-order chi connectivity index (χ1) is 8.11. The quantitative estimate of drug-likeness (QED) is 0.828. The van der Waals surface area contributed by atoms with E-state index in [2.05, 4.69) is 26.9 Å². The topological polar surface area (TPSA) is 54.5 Å². The van der Waals surface area contributed by atoms with Crippen LogP contribution in [0, 0.1) is 18.5 Å². The van der Waals surface area contributed by atoms with Crippen LogP contribution in [-0.4, -0.2) is 19.9 Å². The Morgan fingerprint density at radius 1 is 1.29 bits per heavy atom. The van der Waals surface area contributed by atoms with E-state index in [1.807, 2.05) is 19.9 Å². The van der Waals surface area contributed by atoms with Crippen LogP contribution in [0.15, 0.2) is 12.3 Å². The van der Waals surface area contributed by atoms with Gasteiger partial charge >= 0.3 is 0 Å². The second kappa shape index (κ2) is 4.71. The number of aryl methyl sites for hydroxylation is 2. The zero-order valence-corrected chi connectivity index (χ0v) is 10.9. The fourth-order valence-electron chi connectivity index (χ4n) is 1.64. The lowest BCUT2D eigenvalue weighted by atomic mass is 10.2.